The molecule has 0 atom stereocenters. The molecule has 0 aliphatic rings. The Morgan fingerprint density at radius 3 is 2.43 bits per heavy atom. The van der Waals surface area contributed by atoms with Gasteiger partial charge in [0, 0.05) is 12.1 Å². The van der Waals surface area contributed by atoms with Gasteiger partial charge in [-0.1, -0.05) is 12.1 Å². The standard InChI is InChI=1S/C14H17N5O2/c1-8-12(9(2)19-18-8)17-13(20)11-5-3-10(4-6-11)7-16-14(15)21/h3-6H,7H2,1-2H3,(H,17,20)(H,18,19)(H3,15,16,21). The number of carbonyl (C=O) groups is 2. The zero-order chi connectivity index (χ0) is 15.4. The first-order valence-electron chi connectivity index (χ1n) is 6.42. The summed E-state index contributed by atoms with van der Waals surface area (Å²) in [5.74, 6) is -0.211. The lowest BCUT2D eigenvalue weighted by Crippen LogP contribution is -2.28. The van der Waals surface area contributed by atoms with Crippen molar-refractivity contribution in [3.63, 3.8) is 0 Å². The van der Waals surface area contributed by atoms with Crippen molar-refractivity contribution in [3.8, 4) is 0 Å². The number of urea groups is 1. The highest BCUT2D eigenvalue weighted by atomic mass is 16.2. The molecule has 0 saturated carbocycles. The van der Waals surface area contributed by atoms with E-state index in [1.165, 1.54) is 0 Å². The van der Waals surface area contributed by atoms with E-state index in [4.69, 9.17) is 5.73 Å². The van der Waals surface area contributed by atoms with E-state index in [-0.39, 0.29) is 5.91 Å². The van der Waals surface area contributed by atoms with Crippen molar-refractivity contribution in [3.05, 3.63) is 46.8 Å². The molecule has 3 amide bonds. The second kappa shape index (κ2) is 6.08. The minimum absolute atomic E-state index is 0.211. The van der Waals surface area contributed by atoms with Crippen LogP contribution >= 0.6 is 0 Å². The lowest BCUT2D eigenvalue weighted by Gasteiger charge is -2.07. The predicted octanol–water partition coefficient (Wildman–Crippen LogP) is 1.45. The average Bonchev–Trinajstić information content (AvgIpc) is 2.77. The number of nitrogens with two attached hydrogens (primary N) is 1. The molecule has 0 fully saturated rings. The van der Waals surface area contributed by atoms with Crippen LogP contribution in [0.25, 0.3) is 0 Å². The molecule has 0 radical (unpaired) electrons. The van der Waals surface area contributed by atoms with Crippen molar-refractivity contribution < 1.29 is 9.59 Å². The first-order chi connectivity index (χ1) is 9.97. The Morgan fingerprint density at radius 1 is 1.24 bits per heavy atom. The number of hydrogen-bond donors (Lipinski definition) is 4. The van der Waals surface area contributed by atoms with Crippen LogP contribution in [-0.2, 0) is 6.54 Å². The Balaban J connectivity index is 2.05. The molecule has 21 heavy (non-hydrogen) atoms. The van der Waals surface area contributed by atoms with Crippen molar-refractivity contribution in [2.24, 2.45) is 5.73 Å². The zero-order valence-corrected chi connectivity index (χ0v) is 11.9. The minimum atomic E-state index is -0.581. The van der Waals surface area contributed by atoms with E-state index in [9.17, 15) is 9.59 Å². The van der Waals surface area contributed by atoms with Crippen molar-refractivity contribution >= 4 is 17.6 Å². The number of benzene rings is 1. The number of carbonyl (C=O) groups excluding carboxylic acids is 2. The number of primary amides is 1. The molecule has 0 saturated heterocycles. The molecular weight excluding hydrogens is 270 g/mol. The van der Waals surface area contributed by atoms with Crippen LogP contribution in [0.5, 0.6) is 0 Å². The fraction of sp³-hybridized carbons (Fsp3) is 0.214. The Bertz CT molecular complexity index is 641. The molecule has 7 heteroatoms. The van der Waals surface area contributed by atoms with E-state index in [1.54, 1.807) is 24.3 Å². The van der Waals surface area contributed by atoms with Crippen LogP contribution in [0.4, 0.5) is 10.5 Å². The highest BCUT2D eigenvalue weighted by Crippen LogP contribution is 2.17. The van der Waals surface area contributed by atoms with Gasteiger partial charge in [-0.25, -0.2) is 4.79 Å². The summed E-state index contributed by atoms with van der Waals surface area (Å²) in [6, 6.07) is 6.33. The molecule has 5 N–H and O–H groups in total. The molecule has 110 valence electrons. The molecular formula is C14H17N5O2. The quantitative estimate of drug-likeness (QED) is 0.682. The molecule has 1 aromatic carbocycles. The van der Waals surface area contributed by atoms with Gasteiger partial charge in [-0.3, -0.25) is 9.89 Å². The van der Waals surface area contributed by atoms with Crippen molar-refractivity contribution in [1.29, 1.82) is 0 Å². The Kier molecular flexibility index (Phi) is 4.22. The fourth-order valence-electron chi connectivity index (χ4n) is 1.88. The van der Waals surface area contributed by atoms with Gasteiger partial charge in [-0.05, 0) is 31.5 Å². The molecule has 0 spiro atoms. The maximum absolute atomic E-state index is 12.2. The normalized spacial score (nSPS) is 10.2. The van der Waals surface area contributed by atoms with Gasteiger partial charge in [-0.15, -0.1) is 0 Å². The number of aromatic amines is 1. The van der Waals surface area contributed by atoms with Crippen LogP contribution < -0.4 is 16.4 Å². The maximum atomic E-state index is 12.2. The number of H-pyrrole nitrogens is 1. The summed E-state index contributed by atoms with van der Waals surface area (Å²) < 4.78 is 0. The highest BCUT2D eigenvalue weighted by molar-refractivity contribution is 6.04. The number of nitrogens with one attached hydrogen (secondary N) is 3. The van der Waals surface area contributed by atoms with Crippen molar-refractivity contribution in [2.75, 3.05) is 5.32 Å². The highest BCUT2D eigenvalue weighted by Gasteiger charge is 2.11. The van der Waals surface area contributed by atoms with Crippen LogP contribution in [0.3, 0.4) is 0 Å². The van der Waals surface area contributed by atoms with Gasteiger partial charge in [0.15, 0.2) is 0 Å². The number of aryl methyl sites for hydroxylation is 2. The fourth-order valence-corrected chi connectivity index (χ4v) is 1.88. The molecule has 1 heterocycles. The minimum Gasteiger partial charge on any atom is -0.352 e. The van der Waals surface area contributed by atoms with E-state index in [2.05, 4.69) is 20.8 Å². The SMILES string of the molecule is Cc1n[nH]c(C)c1NC(=O)c1ccc(CNC(N)=O)cc1. The summed E-state index contributed by atoms with van der Waals surface area (Å²) in [5.41, 5.74) is 8.63. The van der Waals surface area contributed by atoms with E-state index in [0.29, 0.717) is 17.8 Å². The number of aromatic nitrogens is 2. The molecule has 2 aromatic rings. The third-order valence-corrected chi connectivity index (χ3v) is 3.05. The topological polar surface area (TPSA) is 113 Å². The van der Waals surface area contributed by atoms with Crippen LogP contribution in [-0.4, -0.2) is 22.1 Å². The molecule has 1 aromatic heterocycles. The van der Waals surface area contributed by atoms with Gasteiger partial charge in [0.1, 0.15) is 0 Å². The summed E-state index contributed by atoms with van der Waals surface area (Å²) in [6.45, 7) is 3.99. The number of anilines is 1. The second-order valence-corrected chi connectivity index (χ2v) is 4.68. The van der Waals surface area contributed by atoms with Crippen LogP contribution in [0.15, 0.2) is 24.3 Å². The largest absolute Gasteiger partial charge is 0.352 e. The van der Waals surface area contributed by atoms with Gasteiger partial charge in [0.05, 0.1) is 17.1 Å². The van der Waals surface area contributed by atoms with E-state index in [0.717, 1.165) is 17.0 Å². The smallest absolute Gasteiger partial charge is 0.312 e. The maximum Gasteiger partial charge on any atom is 0.312 e. The first-order valence-corrected chi connectivity index (χ1v) is 6.42. The predicted molar refractivity (Wildman–Crippen MR) is 78.9 cm³/mol. The van der Waals surface area contributed by atoms with E-state index < -0.39 is 6.03 Å². The van der Waals surface area contributed by atoms with Crippen molar-refractivity contribution in [2.45, 2.75) is 20.4 Å². The van der Waals surface area contributed by atoms with Crippen LogP contribution in [0.2, 0.25) is 0 Å². The Hall–Kier alpha value is -2.83. The first kappa shape index (κ1) is 14.6. The summed E-state index contributed by atoms with van der Waals surface area (Å²) in [7, 11) is 0. The molecule has 7 nitrogen and oxygen atoms in total. The number of amides is 3. The van der Waals surface area contributed by atoms with Crippen LogP contribution in [0, 0.1) is 13.8 Å². The number of hydrogen-bond acceptors (Lipinski definition) is 3. The van der Waals surface area contributed by atoms with Gasteiger partial charge in [0.2, 0.25) is 0 Å². The average molecular weight is 287 g/mol. The number of nitrogens with zero attached hydrogens (tertiary/aromatic N) is 1. The Morgan fingerprint density at radius 2 is 1.90 bits per heavy atom. The summed E-state index contributed by atoms with van der Waals surface area (Å²) in [5, 5.41) is 12.1. The zero-order valence-electron chi connectivity index (χ0n) is 11.9. The molecule has 2 rings (SSSR count). The van der Waals surface area contributed by atoms with Gasteiger partial charge in [-0.2, -0.15) is 5.10 Å². The Labute approximate surface area is 121 Å². The second-order valence-electron chi connectivity index (χ2n) is 4.68. The van der Waals surface area contributed by atoms with Crippen LogP contribution in [0.1, 0.15) is 27.3 Å². The summed E-state index contributed by atoms with van der Waals surface area (Å²) in [4.78, 5) is 22.8. The van der Waals surface area contributed by atoms with Gasteiger partial charge < -0.3 is 16.4 Å². The molecule has 0 aliphatic heterocycles. The number of rotatable bonds is 4. The van der Waals surface area contributed by atoms with E-state index in [1.807, 2.05) is 13.8 Å². The third-order valence-electron chi connectivity index (χ3n) is 3.05. The molecule has 0 aliphatic carbocycles. The molecule has 0 unspecified atom stereocenters. The van der Waals surface area contributed by atoms with Gasteiger partial charge in [0.25, 0.3) is 5.91 Å². The lowest BCUT2D eigenvalue weighted by atomic mass is 10.1. The summed E-state index contributed by atoms with van der Waals surface area (Å²) >= 11 is 0. The van der Waals surface area contributed by atoms with Crippen molar-refractivity contribution in [1.82, 2.24) is 15.5 Å². The summed E-state index contributed by atoms with van der Waals surface area (Å²) in [6.07, 6.45) is 0. The monoisotopic (exact) mass is 287 g/mol. The van der Waals surface area contributed by atoms with Gasteiger partial charge >= 0.3 is 6.03 Å². The lowest BCUT2D eigenvalue weighted by molar-refractivity contribution is 0.102. The van der Waals surface area contributed by atoms with E-state index >= 15 is 0 Å². The third kappa shape index (κ3) is 3.59. The molecule has 0 bridgehead atoms.